The number of fused-ring (bicyclic) bond motifs is 1. The maximum atomic E-state index is 12.0. The molecule has 0 bridgehead atoms. The minimum atomic E-state index is -0.102. The first-order chi connectivity index (χ1) is 16.4. The van der Waals surface area contributed by atoms with Gasteiger partial charge in [0.25, 0.3) is 0 Å². The molecule has 3 heterocycles. The average Bonchev–Trinajstić information content (AvgIpc) is 3.26. The lowest BCUT2D eigenvalue weighted by molar-refractivity contribution is -0.124. The number of pyridine rings is 2. The zero-order valence-electron chi connectivity index (χ0n) is 19.8. The monoisotopic (exact) mass is 477 g/mol. The van der Waals surface area contributed by atoms with Gasteiger partial charge in [0.05, 0.1) is 10.7 Å². The number of aryl methyl sites for hydroxylation is 2. The second-order valence-electron chi connectivity index (χ2n) is 8.43. The molecule has 0 aliphatic heterocycles. The molecular weight excluding hydrogens is 450 g/mol. The molecule has 0 radical (unpaired) electrons. The van der Waals surface area contributed by atoms with Crippen LogP contribution in [0.5, 0.6) is 5.75 Å². The van der Waals surface area contributed by atoms with Gasteiger partial charge in [-0.1, -0.05) is 44.5 Å². The van der Waals surface area contributed by atoms with Crippen LogP contribution in [0.2, 0.25) is 5.02 Å². The largest absolute Gasteiger partial charge is 0.487 e. The molecule has 1 aromatic carbocycles. The number of para-hydroxylation sites is 1. The van der Waals surface area contributed by atoms with E-state index in [9.17, 15) is 4.79 Å². The second kappa shape index (κ2) is 10.2. The molecule has 0 saturated heterocycles. The van der Waals surface area contributed by atoms with E-state index in [0.717, 1.165) is 45.4 Å². The molecule has 7 nitrogen and oxygen atoms in total. The lowest BCUT2D eigenvalue weighted by Crippen LogP contribution is -2.27. The van der Waals surface area contributed by atoms with E-state index in [-0.39, 0.29) is 18.4 Å². The standard InChI is InChI=1S/C26H28ClN5O2/c1-5-18-11-20(23-9-10-30-32(23)4)19-7-6-8-24(25(19)31-18)34-15-21-17(12-28-14-22(21)27)13-29-26(33)16(2)3/h6-12,14,16H,5,13,15H2,1-4H3,(H,29,33). The Labute approximate surface area is 204 Å². The first-order valence-corrected chi connectivity index (χ1v) is 11.7. The molecule has 1 amide bonds. The highest BCUT2D eigenvalue weighted by atomic mass is 35.5. The third kappa shape index (κ3) is 4.89. The minimum absolute atomic E-state index is 0.0279. The SMILES string of the molecule is CCc1cc(-c2ccnn2C)c2cccc(OCc3c(Cl)cncc3CNC(=O)C(C)C)c2n1. The number of rotatable bonds is 8. The van der Waals surface area contributed by atoms with Crippen molar-refractivity contribution in [2.24, 2.45) is 13.0 Å². The van der Waals surface area contributed by atoms with E-state index < -0.39 is 0 Å². The van der Waals surface area contributed by atoms with Crippen molar-refractivity contribution in [2.45, 2.75) is 40.3 Å². The molecule has 176 valence electrons. The molecule has 0 fully saturated rings. The normalized spacial score (nSPS) is 11.2. The topological polar surface area (TPSA) is 81.9 Å². The van der Waals surface area contributed by atoms with Crippen LogP contribution in [0, 0.1) is 5.92 Å². The summed E-state index contributed by atoms with van der Waals surface area (Å²) in [7, 11) is 1.93. The molecule has 0 atom stereocenters. The van der Waals surface area contributed by atoms with E-state index in [0.29, 0.717) is 17.3 Å². The minimum Gasteiger partial charge on any atom is -0.487 e. The Bertz CT molecular complexity index is 1330. The number of hydrogen-bond acceptors (Lipinski definition) is 5. The van der Waals surface area contributed by atoms with E-state index in [1.165, 1.54) is 0 Å². The number of aromatic nitrogens is 4. The van der Waals surface area contributed by atoms with Crippen molar-refractivity contribution in [3.63, 3.8) is 0 Å². The average molecular weight is 478 g/mol. The Hall–Kier alpha value is -3.45. The van der Waals surface area contributed by atoms with Gasteiger partial charge in [0.1, 0.15) is 17.9 Å². The van der Waals surface area contributed by atoms with Gasteiger partial charge in [-0.3, -0.25) is 14.5 Å². The first-order valence-electron chi connectivity index (χ1n) is 11.3. The van der Waals surface area contributed by atoms with E-state index in [1.54, 1.807) is 18.6 Å². The van der Waals surface area contributed by atoms with Crippen molar-refractivity contribution >= 4 is 28.4 Å². The predicted octanol–water partition coefficient (Wildman–Crippen LogP) is 5.10. The fourth-order valence-corrected chi connectivity index (χ4v) is 4.01. The molecule has 0 spiro atoms. The van der Waals surface area contributed by atoms with E-state index >= 15 is 0 Å². The number of carbonyl (C=O) groups excluding carboxylic acids is 1. The highest BCUT2D eigenvalue weighted by molar-refractivity contribution is 6.31. The van der Waals surface area contributed by atoms with Crippen LogP contribution in [-0.4, -0.2) is 25.7 Å². The smallest absolute Gasteiger partial charge is 0.222 e. The number of amides is 1. The molecular formula is C26H28ClN5O2. The molecule has 0 aliphatic rings. The van der Waals surface area contributed by atoms with Crippen LogP contribution in [-0.2, 0) is 31.4 Å². The summed E-state index contributed by atoms with van der Waals surface area (Å²) in [5.74, 6) is 0.538. The Morgan fingerprint density at radius 3 is 2.76 bits per heavy atom. The third-order valence-corrected chi connectivity index (χ3v) is 6.08. The fraction of sp³-hybridized carbons (Fsp3) is 0.308. The summed E-state index contributed by atoms with van der Waals surface area (Å²) in [6.07, 6.45) is 5.89. The Morgan fingerprint density at radius 2 is 2.06 bits per heavy atom. The molecule has 4 rings (SSSR count). The maximum absolute atomic E-state index is 12.0. The summed E-state index contributed by atoms with van der Waals surface area (Å²) in [5, 5.41) is 8.74. The molecule has 34 heavy (non-hydrogen) atoms. The van der Waals surface area contributed by atoms with Crippen LogP contribution in [0.4, 0.5) is 0 Å². The van der Waals surface area contributed by atoms with Gasteiger partial charge >= 0.3 is 0 Å². The van der Waals surface area contributed by atoms with Gasteiger partial charge in [-0.15, -0.1) is 0 Å². The van der Waals surface area contributed by atoms with Gasteiger partial charge in [-0.05, 0) is 30.2 Å². The predicted molar refractivity (Wildman–Crippen MR) is 134 cm³/mol. The van der Waals surface area contributed by atoms with Gasteiger partial charge in [0, 0.05) is 60.3 Å². The highest BCUT2D eigenvalue weighted by Crippen LogP contribution is 2.34. The first kappa shape index (κ1) is 23.7. The van der Waals surface area contributed by atoms with Crippen molar-refractivity contribution < 1.29 is 9.53 Å². The summed E-state index contributed by atoms with van der Waals surface area (Å²) < 4.78 is 8.13. The van der Waals surface area contributed by atoms with E-state index in [4.69, 9.17) is 21.3 Å². The van der Waals surface area contributed by atoms with Gasteiger partial charge in [0.2, 0.25) is 5.91 Å². The van der Waals surface area contributed by atoms with Crippen LogP contribution in [0.1, 0.15) is 37.6 Å². The summed E-state index contributed by atoms with van der Waals surface area (Å²) >= 11 is 6.47. The summed E-state index contributed by atoms with van der Waals surface area (Å²) in [5.41, 5.74) is 5.44. The second-order valence-corrected chi connectivity index (χ2v) is 8.83. The fourth-order valence-electron chi connectivity index (χ4n) is 3.78. The number of benzene rings is 1. The van der Waals surface area contributed by atoms with Crippen molar-refractivity contribution in [3.8, 4) is 17.0 Å². The van der Waals surface area contributed by atoms with Crippen LogP contribution >= 0.6 is 11.6 Å². The Morgan fingerprint density at radius 1 is 1.24 bits per heavy atom. The van der Waals surface area contributed by atoms with Crippen LogP contribution in [0.25, 0.3) is 22.2 Å². The maximum Gasteiger partial charge on any atom is 0.222 e. The summed E-state index contributed by atoms with van der Waals surface area (Å²) in [6, 6.07) is 10.0. The molecule has 4 aromatic rings. The number of carbonyl (C=O) groups is 1. The Kier molecular flexibility index (Phi) is 7.12. The third-order valence-electron chi connectivity index (χ3n) is 5.76. The van der Waals surface area contributed by atoms with Gasteiger partial charge in [-0.25, -0.2) is 4.98 Å². The van der Waals surface area contributed by atoms with Crippen molar-refractivity contribution in [1.29, 1.82) is 0 Å². The van der Waals surface area contributed by atoms with Crippen molar-refractivity contribution in [3.05, 3.63) is 70.8 Å². The highest BCUT2D eigenvalue weighted by Gasteiger charge is 2.16. The molecule has 0 unspecified atom stereocenters. The van der Waals surface area contributed by atoms with E-state index in [1.807, 2.05) is 49.8 Å². The molecule has 3 aromatic heterocycles. The molecule has 0 saturated carbocycles. The number of hydrogen-bond donors (Lipinski definition) is 1. The zero-order chi connectivity index (χ0) is 24.2. The summed E-state index contributed by atoms with van der Waals surface area (Å²) in [6.45, 7) is 6.36. The van der Waals surface area contributed by atoms with Gasteiger partial charge < -0.3 is 10.1 Å². The van der Waals surface area contributed by atoms with Crippen molar-refractivity contribution in [2.75, 3.05) is 0 Å². The number of ether oxygens (including phenoxy) is 1. The van der Waals surface area contributed by atoms with Crippen LogP contribution < -0.4 is 10.1 Å². The zero-order valence-corrected chi connectivity index (χ0v) is 20.6. The van der Waals surface area contributed by atoms with Gasteiger partial charge in [0.15, 0.2) is 0 Å². The lowest BCUT2D eigenvalue weighted by atomic mass is 10.0. The van der Waals surface area contributed by atoms with Gasteiger partial charge in [-0.2, -0.15) is 5.10 Å². The lowest BCUT2D eigenvalue weighted by Gasteiger charge is -2.16. The van der Waals surface area contributed by atoms with Crippen LogP contribution in [0.15, 0.2) is 48.9 Å². The molecule has 0 aliphatic carbocycles. The van der Waals surface area contributed by atoms with Crippen LogP contribution in [0.3, 0.4) is 0 Å². The van der Waals surface area contributed by atoms with Crippen molar-refractivity contribution in [1.82, 2.24) is 25.1 Å². The number of halogens is 1. The summed E-state index contributed by atoms with van der Waals surface area (Å²) in [4.78, 5) is 21.1. The molecule has 1 N–H and O–H groups in total. The van der Waals surface area contributed by atoms with E-state index in [2.05, 4.69) is 28.4 Å². The number of nitrogens with zero attached hydrogens (tertiary/aromatic N) is 4. The quantitative estimate of drug-likeness (QED) is 0.382. The Balaban J connectivity index is 1.68. The number of nitrogens with one attached hydrogen (secondary N) is 1. The molecule has 8 heteroatoms.